The number of hydrogen-bond acceptors (Lipinski definition) is 5. The molecule has 2 amide bonds. The van der Waals surface area contributed by atoms with Crippen LogP contribution in [0.3, 0.4) is 0 Å². The van der Waals surface area contributed by atoms with E-state index in [2.05, 4.69) is 22.8 Å². The van der Waals surface area contributed by atoms with Crippen molar-refractivity contribution in [2.24, 2.45) is 0 Å². The quantitative estimate of drug-likeness (QED) is 0.445. The Balaban J connectivity index is 1.67. The standard InChI is InChI=1S/C27H32N2O6/c1-17(25(31)32)13-14-28-24(30)23(15-27(2,3)34-4)29-26(33)35-16-22-20-11-7-5-9-18(20)19-10-6-8-12-21(19)22/h5-13,22-23H,14-16H2,1-4H3,(H,28,30)(H,29,33)(H,31,32)/b17-13-. The summed E-state index contributed by atoms with van der Waals surface area (Å²) >= 11 is 0. The number of fused-ring (bicyclic) bond motifs is 3. The molecule has 0 spiro atoms. The first kappa shape index (κ1) is 26.0. The fraction of sp³-hybridized carbons (Fsp3) is 0.370. The van der Waals surface area contributed by atoms with Crippen LogP contribution in [0.2, 0.25) is 0 Å². The summed E-state index contributed by atoms with van der Waals surface area (Å²) in [5, 5.41) is 14.2. The predicted octanol–water partition coefficient (Wildman–Crippen LogP) is 3.86. The number of alkyl carbamates (subject to hydrolysis) is 1. The van der Waals surface area contributed by atoms with Crippen LogP contribution in [-0.2, 0) is 19.1 Å². The third-order valence-electron chi connectivity index (χ3n) is 6.22. The Kier molecular flexibility index (Phi) is 8.30. The van der Waals surface area contributed by atoms with Gasteiger partial charge < -0.3 is 25.2 Å². The SMILES string of the molecule is COC(C)(C)CC(NC(=O)OCC1c2ccccc2-c2ccccc21)C(=O)NC/C=C(/C)C(=O)O. The molecule has 1 unspecified atom stereocenters. The van der Waals surface area contributed by atoms with Gasteiger partial charge in [-0.05, 0) is 43.0 Å². The lowest BCUT2D eigenvalue weighted by Crippen LogP contribution is -2.50. The molecule has 3 N–H and O–H groups in total. The van der Waals surface area contributed by atoms with Crippen LogP contribution < -0.4 is 10.6 Å². The number of hydrogen-bond donors (Lipinski definition) is 3. The van der Waals surface area contributed by atoms with Gasteiger partial charge in [0.15, 0.2) is 0 Å². The lowest BCUT2D eigenvalue weighted by Gasteiger charge is -2.28. The van der Waals surface area contributed by atoms with Gasteiger partial charge in [-0.25, -0.2) is 9.59 Å². The second-order valence-electron chi connectivity index (χ2n) is 9.13. The minimum atomic E-state index is -1.06. The molecule has 2 aromatic rings. The number of benzene rings is 2. The van der Waals surface area contributed by atoms with Crippen LogP contribution in [0.4, 0.5) is 4.79 Å². The molecule has 0 saturated heterocycles. The predicted molar refractivity (Wildman–Crippen MR) is 132 cm³/mol. The topological polar surface area (TPSA) is 114 Å². The number of carbonyl (C=O) groups is 3. The second kappa shape index (κ2) is 11.2. The smallest absolute Gasteiger partial charge is 0.407 e. The highest BCUT2D eigenvalue weighted by Gasteiger charge is 2.32. The van der Waals surface area contributed by atoms with Crippen LogP contribution in [0, 0.1) is 0 Å². The van der Waals surface area contributed by atoms with E-state index in [1.807, 2.05) is 36.4 Å². The van der Waals surface area contributed by atoms with Crippen molar-refractivity contribution in [2.45, 2.75) is 44.8 Å². The van der Waals surface area contributed by atoms with E-state index >= 15 is 0 Å². The number of rotatable bonds is 10. The number of nitrogens with one attached hydrogen (secondary N) is 2. The van der Waals surface area contributed by atoms with E-state index in [9.17, 15) is 14.4 Å². The van der Waals surface area contributed by atoms with Crippen LogP contribution in [0.5, 0.6) is 0 Å². The number of ether oxygens (including phenoxy) is 2. The van der Waals surface area contributed by atoms with Crippen molar-refractivity contribution in [3.63, 3.8) is 0 Å². The Labute approximate surface area is 205 Å². The monoisotopic (exact) mass is 480 g/mol. The number of carbonyl (C=O) groups excluding carboxylic acids is 2. The van der Waals surface area contributed by atoms with Crippen LogP contribution in [-0.4, -0.2) is 55.0 Å². The summed E-state index contributed by atoms with van der Waals surface area (Å²) in [7, 11) is 1.53. The Morgan fingerprint density at radius 2 is 1.63 bits per heavy atom. The highest BCUT2D eigenvalue weighted by molar-refractivity contribution is 5.87. The molecule has 186 valence electrons. The van der Waals surface area contributed by atoms with Gasteiger partial charge in [-0.2, -0.15) is 0 Å². The van der Waals surface area contributed by atoms with E-state index in [-0.39, 0.29) is 31.1 Å². The molecular formula is C27H32N2O6. The molecule has 0 aliphatic heterocycles. The first-order chi connectivity index (χ1) is 16.6. The van der Waals surface area contributed by atoms with Crippen molar-refractivity contribution in [1.29, 1.82) is 0 Å². The minimum Gasteiger partial charge on any atom is -0.478 e. The van der Waals surface area contributed by atoms with Crippen LogP contribution >= 0.6 is 0 Å². The Hall–Kier alpha value is -3.65. The van der Waals surface area contributed by atoms with Gasteiger partial charge in [0, 0.05) is 31.6 Å². The highest BCUT2D eigenvalue weighted by Crippen LogP contribution is 2.44. The first-order valence-corrected chi connectivity index (χ1v) is 11.5. The Morgan fingerprint density at radius 1 is 1.06 bits per heavy atom. The summed E-state index contributed by atoms with van der Waals surface area (Å²) < 4.78 is 11.0. The molecule has 0 heterocycles. The normalized spacial score (nSPS) is 14.0. The third kappa shape index (κ3) is 6.48. The van der Waals surface area contributed by atoms with E-state index < -0.39 is 29.6 Å². The zero-order valence-corrected chi connectivity index (χ0v) is 20.5. The maximum absolute atomic E-state index is 12.8. The molecule has 35 heavy (non-hydrogen) atoms. The fourth-order valence-electron chi connectivity index (χ4n) is 4.08. The number of carboxylic acid groups (broad SMARTS) is 1. The van der Waals surface area contributed by atoms with Crippen molar-refractivity contribution in [2.75, 3.05) is 20.3 Å². The van der Waals surface area contributed by atoms with E-state index in [1.54, 1.807) is 13.8 Å². The zero-order valence-electron chi connectivity index (χ0n) is 20.5. The molecule has 8 nitrogen and oxygen atoms in total. The molecule has 2 aromatic carbocycles. The lowest BCUT2D eigenvalue weighted by molar-refractivity contribution is -0.132. The number of aliphatic carboxylic acids is 1. The van der Waals surface area contributed by atoms with Crippen LogP contribution in [0.15, 0.2) is 60.2 Å². The molecule has 0 fully saturated rings. The van der Waals surface area contributed by atoms with Crippen LogP contribution in [0.25, 0.3) is 11.1 Å². The second-order valence-corrected chi connectivity index (χ2v) is 9.13. The van der Waals surface area contributed by atoms with Crippen molar-refractivity contribution in [1.82, 2.24) is 10.6 Å². The van der Waals surface area contributed by atoms with Gasteiger partial charge in [-0.15, -0.1) is 0 Å². The summed E-state index contributed by atoms with van der Waals surface area (Å²) in [6, 6.07) is 15.1. The zero-order chi connectivity index (χ0) is 25.6. The Morgan fingerprint density at radius 3 is 2.17 bits per heavy atom. The maximum Gasteiger partial charge on any atom is 0.407 e. The Bertz CT molecular complexity index is 1080. The van der Waals surface area contributed by atoms with Gasteiger partial charge >= 0.3 is 12.1 Å². The number of carboxylic acids is 1. The minimum absolute atomic E-state index is 0.0211. The molecule has 1 atom stereocenters. The number of amides is 2. The first-order valence-electron chi connectivity index (χ1n) is 11.5. The molecule has 3 rings (SSSR count). The van der Waals surface area contributed by atoms with Crippen molar-refractivity contribution in [3.8, 4) is 11.1 Å². The van der Waals surface area contributed by atoms with Crippen molar-refractivity contribution < 1.29 is 29.0 Å². The van der Waals surface area contributed by atoms with Crippen LogP contribution in [0.1, 0.15) is 44.2 Å². The molecule has 0 saturated carbocycles. The molecular weight excluding hydrogens is 448 g/mol. The summed E-state index contributed by atoms with van der Waals surface area (Å²) in [5.41, 5.74) is 3.87. The van der Waals surface area contributed by atoms with Gasteiger partial charge in [0.2, 0.25) is 5.91 Å². The molecule has 8 heteroatoms. The van der Waals surface area contributed by atoms with Crippen molar-refractivity contribution >= 4 is 18.0 Å². The van der Waals surface area contributed by atoms with Gasteiger partial charge in [0.25, 0.3) is 0 Å². The summed E-state index contributed by atoms with van der Waals surface area (Å²) in [6.45, 7) is 5.20. The van der Waals surface area contributed by atoms with Gasteiger partial charge in [-0.3, -0.25) is 4.79 Å². The lowest BCUT2D eigenvalue weighted by atomic mass is 9.98. The molecule has 0 bridgehead atoms. The maximum atomic E-state index is 12.8. The molecule has 1 aliphatic rings. The molecule has 1 aliphatic carbocycles. The van der Waals surface area contributed by atoms with E-state index in [0.29, 0.717) is 0 Å². The average Bonchev–Trinajstić information content (AvgIpc) is 3.15. The average molecular weight is 481 g/mol. The van der Waals surface area contributed by atoms with E-state index in [1.165, 1.54) is 20.1 Å². The highest BCUT2D eigenvalue weighted by atomic mass is 16.5. The third-order valence-corrected chi connectivity index (χ3v) is 6.22. The summed E-state index contributed by atoms with van der Waals surface area (Å²) in [5.74, 6) is -1.62. The fourth-order valence-corrected chi connectivity index (χ4v) is 4.08. The van der Waals surface area contributed by atoms with Gasteiger partial charge in [-0.1, -0.05) is 54.6 Å². The molecule has 0 aromatic heterocycles. The summed E-state index contributed by atoms with van der Waals surface area (Å²) in [4.78, 5) is 36.5. The molecule has 0 radical (unpaired) electrons. The largest absolute Gasteiger partial charge is 0.478 e. The van der Waals surface area contributed by atoms with E-state index in [4.69, 9.17) is 14.6 Å². The van der Waals surface area contributed by atoms with Gasteiger partial charge in [0.05, 0.1) is 5.60 Å². The number of methoxy groups -OCH3 is 1. The summed E-state index contributed by atoms with van der Waals surface area (Å²) in [6.07, 6.45) is 0.879. The van der Waals surface area contributed by atoms with Crippen molar-refractivity contribution in [3.05, 3.63) is 71.3 Å². The van der Waals surface area contributed by atoms with Gasteiger partial charge in [0.1, 0.15) is 12.6 Å². The van der Waals surface area contributed by atoms with E-state index in [0.717, 1.165) is 22.3 Å².